The lowest BCUT2D eigenvalue weighted by Crippen LogP contribution is -2.52. The molecule has 0 aromatic heterocycles. The summed E-state index contributed by atoms with van der Waals surface area (Å²) in [6, 6.07) is 0.363. The molecule has 0 bridgehead atoms. The Balaban J connectivity index is 1.68. The maximum Gasteiger partial charge on any atom is 0.315 e. The van der Waals surface area contributed by atoms with Crippen molar-refractivity contribution in [3.63, 3.8) is 0 Å². The SMILES string of the molecule is CC1CCC1NC(=O)NC1CCC(C(=O)O)CC1. The van der Waals surface area contributed by atoms with Gasteiger partial charge in [-0.1, -0.05) is 6.92 Å². The molecule has 2 aliphatic rings. The Morgan fingerprint density at radius 1 is 1.00 bits per heavy atom. The van der Waals surface area contributed by atoms with E-state index in [2.05, 4.69) is 17.6 Å². The van der Waals surface area contributed by atoms with E-state index in [4.69, 9.17) is 5.11 Å². The predicted octanol–water partition coefficient (Wildman–Crippen LogP) is 1.73. The standard InChI is InChI=1S/C13H22N2O3/c1-8-2-7-11(8)15-13(18)14-10-5-3-9(4-6-10)12(16)17/h8-11H,2-7H2,1H3,(H,16,17)(H2,14,15,18). The Hall–Kier alpha value is -1.26. The van der Waals surface area contributed by atoms with Gasteiger partial charge in [-0.25, -0.2) is 4.79 Å². The summed E-state index contributed by atoms with van der Waals surface area (Å²) in [4.78, 5) is 22.5. The van der Waals surface area contributed by atoms with E-state index in [1.165, 1.54) is 6.42 Å². The topological polar surface area (TPSA) is 78.4 Å². The molecule has 18 heavy (non-hydrogen) atoms. The molecule has 0 spiro atoms. The highest BCUT2D eigenvalue weighted by molar-refractivity contribution is 5.75. The molecule has 0 saturated heterocycles. The molecule has 0 aromatic rings. The van der Waals surface area contributed by atoms with Gasteiger partial charge in [0.2, 0.25) is 0 Å². The molecule has 0 heterocycles. The summed E-state index contributed by atoms with van der Waals surface area (Å²) in [5.41, 5.74) is 0. The van der Waals surface area contributed by atoms with Crippen LogP contribution in [0.3, 0.4) is 0 Å². The highest BCUT2D eigenvalue weighted by Crippen LogP contribution is 2.27. The summed E-state index contributed by atoms with van der Waals surface area (Å²) in [5.74, 6) is -0.350. The zero-order chi connectivity index (χ0) is 13.1. The largest absolute Gasteiger partial charge is 0.481 e. The van der Waals surface area contributed by atoms with Crippen LogP contribution in [0.4, 0.5) is 4.79 Å². The Kier molecular flexibility index (Phi) is 4.09. The molecule has 2 aliphatic carbocycles. The van der Waals surface area contributed by atoms with Gasteiger partial charge in [0.15, 0.2) is 0 Å². The molecule has 5 nitrogen and oxygen atoms in total. The van der Waals surface area contributed by atoms with E-state index < -0.39 is 5.97 Å². The smallest absolute Gasteiger partial charge is 0.315 e. The quantitative estimate of drug-likeness (QED) is 0.717. The number of hydrogen-bond donors (Lipinski definition) is 3. The van der Waals surface area contributed by atoms with Crippen molar-refractivity contribution in [2.24, 2.45) is 11.8 Å². The number of carbonyl (C=O) groups is 2. The van der Waals surface area contributed by atoms with Gasteiger partial charge in [0.25, 0.3) is 0 Å². The first-order valence-electron chi connectivity index (χ1n) is 6.86. The molecule has 2 amide bonds. The van der Waals surface area contributed by atoms with Crippen LogP contribution < -0.4 is 10.6 Å². The lowest BCUT2D eigenvalue weighted by atomic mass is 9.81. The minimum Gasteiger partial charge on any atom is -0.481 e. The third kappa shape index (κ3) is 3.15. The Morgan fingerprint density at radius 2 is 1.67 bits per heavy atom. The van der Waals surface area contributed by atoms with E-state index >= 15 is 0 Å². The molecule has 0 aliphatic heterocycles. The fourth-order valence-electron chi connectivity index (χ4n) is 2.76. The average molecular weight is 254 g/mol. The van der Waals surface area contributed by atoms with Gasteiger partial charge in [-0.05, 0) is 44.4 Å². The summed E-state index contributed by atoms with van der Waals surface area (Å²) >= 11 is 0. The molecular formula is C13H22N2O3. The highest BCUT2D eigenvalue weighted by atomic mass is 16.4. The second kappa shape index (κ2) is 5.59. The number of carbonyl (C=O) groups excluding carboxylic acids is 1. The molecular weight excluding hydrogens is 232 g/mol. The van der Waals surface area contributed by atoms with Crippen LogP contribution in [0.25, 0.3) is 0 Å². The van der Waals surface area contributed by atoms with Crippen molar-refractivity contribution in [1.29, 1.82) is 0 Å². The number of aliphatic carboxylic acids is 1. The van der Waals surface area contributed by atoms with Gasteiger partial charge in [-0.2, -0.15) is 0 Å². The Labute approximate surface area is 107 Å². The van der Waals surface area contributed by atoms with Gasteiger partial charge < -0.3 is 15.7 Å². The van der Waals surface area contributed by atoms with Gasteiger partial charge >= 0.3 is 12.0 Å². The Bertz CT molecular complexity index is 324. The molecule has 2 unspecified atom stereocenters. The molecule has 102 valence electrons. The first-order valence-corrected chi connectivity index (χ1v) is 6.86. The lowest BCUT2D eigenvalue weighted by molar-refractivity contribution is -0.142. The molecule has 5 heteroatoms. The number of nitrogens with one attached hydrogen (secondary N) is 2. The summed E-state index contributed by atoms with van der Waals surface area (Å²) in [6.45, 7) is 2.15. The van der Waals surface area contributed by atoms with Gasteiger partial charge in [0, 0.05) is 12.1 Å². The maximum atomic E-state index is 11.7. The molecule has 2 saturated carbocycles. The van der Waals surface area contributed by atoms with Gasteiger partial charge in [-0.3, -0.25) is 4.79 Å². The van der Waals surface area contributed by atoms with Crippen molar-refractivity contribution in [3.05, 3.63) is 0 Å². The normalized spacial score (nSPS) is 35.4. The molecule has 0 radical (unpaired) electrons. The van der Waals surface area contributed by atoms with E-state index in [-0.39, 0.29) is 18.0 Å². The molecule has 0 aromatic carbocycles. The maximum absolute atomic E-state index is 11.7. The van der Waals surface area contributed by atoms with Crippen LogP contribution >= 0.6 is 0 Å². The molecule has 2 rings (SSSR count). The molecule has 2 atom stereocenters. The highest BCUT2D eigenvalue weighted by Gasteiger charge is 2.30. The first kappa shape index (κ1) is 13.2. The summed E-state index contributed by atoms with van der Waals surface area (Å²) in [5, 5.41) is 14.8. The van der Waals surface area contributed by atoms with Gasteiger partial charge in [0.1, 0.15) is 0 Å². The van der Waals surface area contributed by atoms with E-state index in [9.17, 15) is 9.59 Å². The molecule has 3 N–H and O–H groups in total. The minimum atomic E-state index is -0.707. The monoisotopic (exact) mass is 254 g/mol. The van der Waals surface area contributed by atoms with Gasteiger partial charge in [-0.15, -0.1) is 0 Å². The van der Waals surface area contributed by atoms with Crippen molar-refractivity contribution in [2.75, 3.05) is 0 Å². The van der Waals surface area contributed by atoms with Crippen molar-refractivity contribution in [3.8, 4) is 0 Å². The second-order valence-corrected chi connectivity index (χ2v) is 5.67. The fraction of sp³-hybridized carbons (Fsp3) is 0.846. The minimum absolute atomic E-state index is 0.0923. The fourth-order valence-corrected chi connectivity index (χ4v) is 2.76. The van der Waals surface area contributed by atoms with Crippen molar-refractivity contribution in [2.45, 2.75) is 57.5 Å². The summed E-state index contributed by atoms with van der Waals surface area (Å²) < 4.78 is 0. The number of amides is 2. The Morgan fingerprint density at radius 3 is 2.11 bits per heavy atom. The average Bonchev–Trinajstić information content (AvgIpc) is 2.35. The van der Waals surface area contributed by atoms with Gasteiger partial charge in [0.05, 0.1) is 5.92 Å². The number of urea groups is 1. The van der Waals surface area contributed by atoms with Crippen LogP contribution in [0.15, 0.2) is 0 Å². The molecule has 2 fully saturated rings. The second-order valence-electron chi connectivity index (χ2n) is 5.67. The zero-order valence-electron chi connectivity index (χ0n) is 10.8. The van der Waals surface area contributed by atoms with E-state index in [0.717, 1.165) is 19.3 Å². The van der Waals surface area contributed by atoms with E-state index in [1.54, 1.807) is 0 Å². The van der Waals surface area contributed by atoms with Crippen LogP contribution in [0.1, 0.15) is 45.4 Å². The lowest BCUT2D eigenvalue weighted by Gasteiger charge is -2.35. The van der Waals surface area contributed by atoms with Crippen molar-refractivity contribution < 1.29 is 14.7 Å². The predicted molar refractivity (Wildman–Crippen MR) is 67.2 cm³/mol. The van der Waals surface area contributed by atoms with Crippen molar-refractivity contribution >= 4 is 12.0 Å². The third-order valence-electron chi connectivity index (χ3n) is 4.35. The van der Waals surface area contributed by atoms with Crippen LogP contribution in [-0.4, -0.2) is 29.2 Å². The van der Waals surface area contributed by atoms with Crippen molar-refractivity contribution in [1.82, 2.24) is 10.6 Å². The summed E-state index contributed by atoms with van der Waals surface area (Å²) in [6.07, 6.45) is 5.13. The van der Waals surface area contributed by atoms with Crippen LogP contribution in [0, 0.1) is 11.8 Å². The first-order chi connectivity index (χ1) is 8.56. The number of hydrogen-bond acceptors (Lipinski definition) is 2. The summed E-state index contributed by atoms with van der Waals surface area (Å²) in [7, 11) is 0. The van der Waals surface area contributed by atoms with E-state index in [0.29, 0.717) is 24.8 Å². The third-order valence-corrected chi connectivity index (χ3v) is 4.35. The van der Waals surface area contributed by atoms with Crippen LogP contribution in [-0.2, 0) is 4.79 Å². The van der Waals surface area contributed by atoms with Crippen LogP contribution in [0.5, 0.6) is 0 Å². The van der Waals surface area contributed by atoms with E-state index in [1.807, 2.05) is 0 Å². The zero-order valence-corrected chi connectivity index (χ0v) is 10.8. The van der Waals surface area contributed by atoms with Crippen LogP contribution in [0.2, 0.25) is 0 Å². The number of rotatable bonds is 3. The number of carboxylic acid groups (broad SMARTS) is 1. The number of carboxylic acids is 1.